The van der Waals surface area contributed by atoms with Crippen LogP contribution in [0.1, 0.15) is 15.9 Å². The van der Waals surface area contributed by atoms with Gasteiger partial charge >= 0.3 is 0 Å². The molecule has 0 atom stereocenters. The van der Waals surface area contributed by atoms with Gasteiger partial charge in [0.25, 0.3) is 0 Å². The predicted molar refractivity (Wildman–Crippen MR) is 134 cm³/mol. The van der Waals surface area contributed by atoms with Crippen molar-refractivity contribution in [1.29, 1.82) is 0 Å². The molecule has 1 saturated heterocycles. The van der Waals surface area contributed by atoms with Gasteiger partial charge in [-0.25, -0.2) is 9.97 Å². The Hall–Kier alpha value is -3.46. The lowest BCUT2D eigenvalue weighted by molar-refractivity contribution is 0.112. The van der Waals surface area contributed by atoms with Crippen LogP contribution in [-0.4, -0.2) is 54.0 Å². The van der Waals surface area contributed by atoms with Crippen LogP contribution >= 0.6 is 11.6 Å². The summed E-state index contributed by atoms with van der Waals surface area (Å²) in [4.78, 5) is 23.6. The molecular weight excluding hydrogens is 452 g/mol. The zero-order valence-corrected chi connectivity index (χ0v) is 19.5. The molecule has 174 valence electrons. The Labute approximate surface area is 202 Å². The van der Waals surface area contributed by atoms with Gasteiger partial charge in [-0.1, -0.05) is 17.7 Å². The molecule has 5 rings (SSSR count). The van der Waals surface area contributed by atoms with Crippen molar-refractivity contribution in [2.75, 3.05) is 43.6 Å². The van der Waals surface area contributed by atoms with Crippen molar-refractivity contribution < 1.29 is 9.53 Å². The SMILES string of the molecule is CNCc1c(-c2cnc3cc(Cl)ccn23)ccc(Nc2ccc(N3CCOCC3)cn2)c1C=O. The molecule has 4 aromatic rings. The maximum Gasteiger partial charge on any atom is 0.152 e. The summed E-state index contributed by atoms with van der Waals surface area (Å²) >= 11 is 6.12. The van der Waals surface area contributed by atoms with Crippen LogP contribution in [-0.2, 0) is 11.3 Å². The maximum atomic E-state index is 12.3. The number of halogens is 1. The molecule has 0 spiro atoms. The van der Waals surface area contributed by atoms with Crippen molar-refractivity contribution in [2.45, 2.75) is 6.54 Å². The Morgan fingerprint density at radius 3 is 2.71 bits per heavy atom. The number of anilines is 3. The average Bonchev–Trinajstić information content (AvgIpc) is 3.28. The molecule has 3 aromatic heterocycles. The summed E-state index contributed by atoms with van der Waals surface area (Å²) in [5.74, 6) is 0.674. The number of carbonyl (C=O) groups excluding carboxylic acids is 1. The quantitative estimate of drug-likeness (QED) is 0.387. The highest BCUT2D eigenvalue weighted by Gasteiger charge is 2.18. The van der Waals surface area contributed by atoms with Gasteiger partial charge in [0.2, 0.25) is 0 Å². The van der Waals surface area contributed by atoms with Gasteiger partial charge in [-0.15, -0.1) is 0 Å². The van der Waals surface area contributed by atoms with E-state index in [0.717, 1.165) is 60.7 Å². The van der Waals surface area contributed by atoms with Gasteiger partial charge < -0.3 is 20.3 Å². The van der Waals surface area contributed by atoms with Crippen molar-refractivity contribution in [3.05, 3.63) is 71.1 Å². The summed E-state index contributed by atoms with van der Waals surface area (Å²) in [5.41, 5.74) is 5.78. The third-order valence-electron chi connectivity index (χ3n) is 5.97. The normalized spacial score (nSPS) is 13.9. The predicted octanol–water partition coefficient (Wildman–Crippen LogP) is 4.16. The summed E-state index contributed by atoms with van der Waals surface area (Å²) in [6.07, 6.45) is 6.42. The standard InChI is InChI=1S/C25H25ClN6O2/c1-27-14-20-19(23-15-29-25-12-17(26)6-7-32(23)25)3-4-22(21(20)16-33)30-24-5-2-18(13-28-24)31-8-10-34-11-9-31/h2-7,12-13,15-16,27H,8-11,14H2,1H3,(H,28,30). The van der Waals surface area contributed by atoms with Crippen LogP contribution in [0.25, 0.3) is 16.9 Å². The van der Waals surface area contributed by atoms with Crippen LogP contribution in [0, 0.1) is 0 Å². The third-order valence-corrected chi connectivity index (χ3v) is 6.20. The number of imidazole rings is 1. The van der Waals surface area contributed by atoms with Crippen LogP contribution < -0.4 is 15.5 Å². The number of hydrogen-bond acceptors (Lipinski definition) is 7. The molecule has 1 fully saturated rings. The molecule has 0 aliphatic carbocycles. The first kappa shape index (κ1) is 22.3. The van der Waals surface area contributed by atoms with E-state index >= 15 is 0 Å². The Balaban J connectivity index is 1.48. The van der Waals surface area contributed by atoms with Crippen molar-refractivity contribution in [3.63, 3.8) is 0 Å². The zero-order chi connectivity index (χ0) is 23.5. The second-order valence-electron chi connectivity index (χ2n) is 8.04. The lowest BCUT2D eigenvalue weighted by Crippen LogP contribution is -2.36. The monoisotopic (exact) mass is 476 g/mol. The molecule has 0 unspecified atom stereocenters. The lowest BCUT2D eigenvalue weighted by atomic mass is 9.97. The van der Waals surface area contributed by atoms with Crippen LogP contribution in [0.15, 0.2) is 55.0 Å². The Bertz CT molecular complexity index is 1320. The number of ether oxygens (including phenoxy) is 1. The second-order valence-corrected chi connectivity index (χ2v) is 8.48. The zero-order valence-electron chi connectivity index (χ0n) is 18.8. The van der Waals surface area contributed by atoms with Crippen LogP contribution in [0.3, 0.4) is 0 Å². The number of hydrogen-bond donors (Lipinski definition) is 2. The van der Waals surface area contributed by atoms with Crippen molar-refractivity contribution in [2.24, 2.45) is 0 Å². The number of fused-ring (bicyclic) bond motifs is 1. The largest absolute Gasteiger partial charge is 0.378 e. The minimum atomic E-state index is 0.517. The van der Waals surface area contributed by atoms with E-state index in [-0.39, 0.29) is 0 Å². The summed E-state index contributed by atoms with van der Waals surface area (Å²) in [7, 11) is 1.86. The van der Waals surface area contributed by atoms with Gasteiger partial charge in [0.1, 0.15) is 11.5 Å². The van der Waals surface area contributed by atoms with Gasteiger partial charge in [-0.05, 0) is 36.9 Å². The van der Waals surface area contributed by atoms with Gasteiger partial charge in [-0.3, -0.25) is 9.20 Å². The molecule has 0 bridgehead atoms. The van der Waals surface area contributed by atoms with Crippen LogP contribution in [0.5, 0.6) is 0 Å². The second kappa shape index (κ2) is 9.80. The number of aromatic nitrogens is 3. The minimum Gasteiger partial charge on any atom is -0.378 e. The summed E-state index contributed by atoms with van der Waals surface area (Å²) in [6, 6.07) is 11.5. The maximum absolute atomic E-state index is 12.3. The first-order valence-electron chi connectivity index (χ1n) is 11.1. The highest BCUT2D eigenvalue weighted by Crippen LogP contribution is 2.32. The van der Waals surface area contributed by atoms with E-state index in [1.165, 1.54) is 0 Å². The first-order chi connectivity index (χ1) is 16.7. The molecule has 1 aliphatic rings. The number of pyridine rings is 2. The summed E-state index contributed by atoms with van der Waals surface area (Å²) in [6.45, 7) is 3.68. The molecule has 2 N–H and O–H groups in total. The lowest BCUT2D eigenvalue weighted by Gasteiger charge is -2.28. The first-order valence-corrected chi connectivity index (χ1v) is 11.5. The molecule has 0 amide bonds. The van der Waals surface area contributed by atoms with E-state index in [2.05, 4.69) is 25.5 Å². The Morgan fingerprint density at radius 1 is 1.12 bits per heavy atom. The van der Waals surface area contributed by atoms with Gasteiger partial charge in [0.15, 0.2) is 6.29 Å². The molecule has 1 aliphatic heterocycles. The number of aldehydes is 1. The number of benzene rings is 1. The molecule has 34 heavy (non-hydrogen) atoms. The molecule has 0 radical (unpaired) electrons. The van der Waals surface area contributed by atoms with E-state index in [0.29, 0.717) is 28.6 Å². The number of carbonyl (C=O) groups is 1. The van der Waals surface area contributed by atoms with Gasteiger partial charge in [0.05, 0.1) is 42.7 Å². The molecule has 8 nitrogen and oxygen atoms in total. The van der Waals surface area contributed by atoms with Crippen LogP contribution in [0.4, 0.5) is 17.2 Å². The van der Waals surface area contributed by atoms with E-state index in [9.17, 15) is 4.79 Å². The smallest absolute Gasteiger partial charge is 0.152 e. The number of nitrogens with zero attached hydrogens (tertiary/aromatic N) is 4. The molecular formula is C25H25ClN6O2. The fourth-order valence-corrected chi connectivity index (χ4v) is 4.43. The highest BCUT2D eigenvalue weighted by molar-refractivity contribution is 6.30. The highest BCUT2D eigenvalue weighted by atomic mass is 35.5. The van der Waals surface area contributed by atoms with Crippen molar-refractivity contribution in [3.8, 4) is 11.3 Å². The number of rotatable bonds is 7. The topological polar surface area (TPSA) is 83.8 Å². The fraction of sp³-hybridized carbons (Fsp3) is 0.240. The van der Waals surface area contributed by atoms with Crippen molar-refractivity contribution >= 4 is 40.7 Å². The van der Waals surface area contributed by atoms with E-state index in [1.807, 2.05) is 60.2 Å². The minimum absolute atomic E-state index is 0.517. The van der Waals surface area contributed by atoms with E-state index in [4.69, 9.17) is 16.3 Å². The Kier molecular flexibility index (Phi) is 6.44. The molecule has 1 aromatic carbocycles. The fourth-order valence-electron chi connectivity index (χ4n) is 4.28. The van der Waals surface area contributed by atoms with Crippen molar-refractivity contribution in [1.82, 2.24) is 19.7 Å². The molecule has 9 heteroatoms. The third kappa shape index (κ3) is 4.35. The van der Waals surface area contributed by atoms with Gasteiger partial charge in [0, 0.05) is 48.0 Å². The van der Waals surface area contributed by atoms with E-state index < -0.39 is 0 Å². The summed E-state index contributed by atoms with van der Waals surface area (Å²) < 4.78 is 7.39. The number of morpholine rings is 1. The van der Waals surface area contributed by atoms with Gasteiger partial charge in [-0.2, -0.15) is 0 Å². The summed E-state index contributed by atoms with van der Waals surface area (Å²) in [5, 5.41) is 7.13. The molecule has 4 heterocycles. The average molecular weight is 477 g/mol. The Morgan fingerprint density at radius 2 is 1.97 bits per heavy atom. The van der Waals surface area contributed by atoms with E-state index in [1.54, 1.807) is 6.20 Å². The number of nitrogens with one attached hydrogen (secondary N) is 2. The molecule has 0 saturated carbocycles. The van der Waals surface area contributed by atoms with Crippen LogP contribution in [0.2, 0.25) is 5.02 Å².